The van der Waals surface area contributed by atoms with E-state index >= 15 is 0 Å². The average molecular weight is 181 g/mol. The smallest absolute Gasteiger partial charge is 0.0689 e. The summed E-state index contributed by atoms with van der Waals surface area (Å²) in [5, 5.41) is 3.57. The van der Waals surface area contributed by atoms with Crippen LogP contribution in [0.15, 0.2) is 11.6 Å². The van der Waals surface area contributed by atoms with Crippen LogP contribution >= 0.6 is 0 Å². The molecule has 0 atom stereocenters. The molecule has 0 bridgehead atoms. The highest BCUT2D eigenvalue weighted by atomic mass is 16.5. The third-order valence-corrected chi connectivity index (χ3v) is 2.97. The predicted molar refractivity (Wildman–Crippen MR) is 53.7 cm³/mol. The molecule has 74 valence electrons. The molecule has 1 aliphatic carbocycles. The van der Waals surface area contributed by atoms with Gasteiger partial charge in [-0.1, -0.05) is 13.0 Å². The Labute approximate surface area is 80.4 Å². The number of ether oxygens (including phenoxy) is 1. The molecular formula is C11H19NO. The molecule has 0 aromatic carbocycles. The van der Waals surface area contributed by atoms with Crippen molar-refractivity contribution < 1.29 is 4.74 Å². The molecule has 2 heteroatoms. The van der Waals surface area contributed by atoms with Crippen LogP contribution in [0.3, 0.4) is 0 Å². The summed E-state index contributed by atoms with van der Waals surface area (Å²) in [6.45, 7) is 5.11. The van der Waals surface area contributed by atoms with E-state index in [1.807, 2.05) is 0 Å². The Bertz CT molecular complexity index is 194. The molecule has 1 fully saturated rings. The first kappa shape index (κ1) is 9.22. The fourth-order valence-corrected chi connectivity index (χ4v) is 2.08. The van der Waals surface area contributed by atoms with Gasteiger partial charge in [-0.3, -0.25) is 0 Å². The zero-order valence-corrected chi connectivity index (χ0v) is 8.38. The molecule has 0 aromatic heterocycles. The summed E-state index contributed by atoms with van der Waals surface area (Å²) in [6.07, 6.45) is 6.12. The molecule has 0 saturated heterocycles. The van der Waals surface area contributed by atoms with Crippen molar-refractivity contribution in [3.63, 3.8) is 0 Å². The molecular weight excluding hydrogens is 162 g/mol. The van der Waals surface area contributed by atoms with Crippen LogP contribution in [-0.2, 0) is 4.74 Å². The van der Waals surface area contributed by atoms with Gasteiger partial charge in [0.05, 0.1) is 13.2 Å². The molecule has 2 aliphatic rings. The van der Waals surface area contributed by atoms with Crippen molar-refractivity contribution in [1.82, 2.24) is 5.32 Å². The standard InChI is InChI=1S/C11H19NO/c1-9-5-11(6-9)12-7-10-3-2-4-13-8-10/h3,9,11-12H,2,4-8H2,1H3. The first-order chi connectivity index (χ1) is 6.34. The van der Waals surface area contributed by atoms with Crippen LogP contribution in [0, 0.1) is 5.92 Å². The minimum absolute atomic E-state index is 0.776. The van der Waals surface area contributed by atoms with E-state index in [-0.39, 0.29) is 0 Å². The van der Waals surface area contributed by atoms with Crippen molar-refractivity contribution in [3.05, 3.63) is 11.6 Å². The molecule has 0 amide bonds. The quantitative estimate of drug-likeness (QED) is 0.669. The highest BCUT2D eigenvalue weighted by Gasteiger charge is 2.24. The highest BCUT2D eigenvalue weighted by Crippen LogP contribution is 2.26. The van der Waals surface area contributed by atoms with Crippen molar-refractivity contribution in [2.75, 3.05) is 19.8 Å². The third-order valence-electron chi connectivity index (χ3n) is 2.97. The van der Waals surface area contributed by atoms with E-state index in [2.05, 4.69) is 18.3 Å². The van der Waals surface area contributed by atoms with Crippen LogP contribution < -0.4 is 5.32 Å². The lowest BCUT2D eigenvalue weighted by Crippen LogP contribution is -2.41. The van der Waals surface area contributed by atoms with E-state index in [0.29, 0.717) is 0 Å². The first-order valence-corrected chi connectivity index (χ1v) is 5.33. The maximum absolute atomic E-state index is 5.38. The largest absolute Gasteiger partial charge is 0.377 e. The second-order valence-electron chi connectivity index (χ2n) is 4.36. The highest BCUT2D eigenvalue weighted by molar-refractivity contribution is 5.07. The Morgan fingerprint density at radius 3 is 3.00 bits per heavy atom. The molecule has 1 aliphatic heterocycles. The summed E-state index contributed by atoms with van der Waals surface area (Å²) in [7, 11) is 0. The van der Waals surface area contributed by atoms with Gasteiger partial charge in [0.1, 0.15) is 0 Å². The normalized spacial score (nSPS) is 33.8. The fraction of sp³-hybridized carbons (Fsp3) is 0.818. The van der Waals surface area contributed by atoms with Gasteiger partial charge >= 0.3 is 0 Å². The predicted octanol–water partition coefficient (Wildman–Crippen LogP) is 1.72. The Morgan fingerprint density at radius 2 is 2.38 bits per heavy atom. The maximum atomic E-state index is 5.38. The molecule has 1 heterocycles. The van der Waals surface area contributed by atoms with Gasteiger partial charge in [0.25, 0.3) is 0 Å². The van der Waals surface area contributed by atoms with Gasteiger partial charge in [0.15, 0.2) is 0 Å². The average Bonchev–Trinajstić information content (AvgIpc) is 2.12. The number of nitrogens with one attached hydrogen (secondary N) is 1. The Balaban J connectivity index is 1.64. The fourth-order valence-electron chi connectivity index (χ4n) is 2.08. The van der Waals surface area contributed by atoms with Crippen LogP contribution in [-0.4, -0.2) is 25.8 Å². The molecule has 0 aromatic rings. The number of hydrogen-bond donors (Lipinski definition) is 1. The minimum atomic E-state index is 0.776. The van der Waals surface area contributed by atoms with Gasteiger partial charge in [-0.15, -0.1) is 0 Å². The molecule has 1 saturated carbocycles. The van der Waals surface area contributed by atoms with Gasteiger partial charge in [-0.05, 0) is 30.8 Å². The Morgan fingerprint density at radius 1 is 1.54 bits per heavy atom. The van der Waals surface area contributed by atoms with Crippen LogP contribution in [0.25, 0.3) is 0 Å². The van der Waals surface area contributed by atoms with Crippen molar-refractivity contribution in [3.8, 4) is 0 Å². The van der Waals surface area contributed by atoms with Crippen molar-refractivity contribution >= 4 is 0 Å². The van der Waals surface area contributed by atoms with Crippen molar-refractivity contribution in [2.24, 2.45) is 5.92 Å². The van der Waals surface area contributed by atoms with Crippen molar-refractivity contribution in [1.29, 1.82) is 0 Å². The summed E-state index contributed by atoms with van der Waals surface area (Å²) in [5.74, 6) is 0.939. The lowest BCUT2D eigenvalue weighted by molar-refractivity contribution is 0.146. The molecule has 0 radical (unpaired) electrons. The topological polar surface area (TPSA) is 21.3 Å². The van der Waals surface area contributed by atoms with E-state index in [4.69, 9.17) is 4.74 Å². The van der Waals surface area contributed by atoms with Crippen LogP contribution in [0.1, 0.15) is 26.2 Å². The van der Waals surface area contributed by atoms with Gasteiger partial charge in [0.2, 0.25) is 0 Å². The zero-order chi connectivity index (χ0) is 9.10. The lowest BCUT2D eigenvalue weighted by Gasteiger charge is -2.34. The Hall–Kier alpha value is -0.340. The number of hydrogen-bond acceptors (Lipinski definition) is 2. The van der Waals surface area contributed by atoms with Gasteiger partial charge in [-0.25, -0.2) is 0 Å². The van der Waals surface area contributed by atoms with Crippen molar-refractivity contribution in [2.45, 2.75) is 32.2 Å². The molecule has 2 nitrogen and oxygen atoms in total. The van der Waals surface area contributed by atoms with Crippen LogP contribution in [0.4, 0.5) is 0 Å². The van der Waals surface area contributed by atoms with E-state index in [1.165, 1.54) is 18.4 Å². The molecule has 13 heavy (non-hydrogen) atoms. The summed E-state index contributed by atoms with van der Waals surface area (Å²) >= 11 is 0. The lowest BCUT2D eigenvalue weighted by atomic mass is 9.82. The summed E-state index contributed by atoms with van der Waals surface area (Å²) in [6, 6.07) is 0.776. The third kappa shape index (κ3) is 2.55. The van der Waals surface area contributed by atoms with E-state index in [9.17, 15) is 0 Å². The monoisotopic (exact) mass is 181 g/mol. The van der Waals surface area contributed by atoms with Gasteiger partial charge in [0, 0.05) is 12.6 Å². The summed E-state index contributed by atoms with van der Waals surface area (Å²) < 4.78 is 5.38. The molecule has 2 rings (SSSR count). The summed E-state index contributed by atoms with van der Waals surface area (Å²) in [4.78, 5) is 0. The molecule has 0 spiro atoms. The second kappa shape index (κ2) is 4.25. The Kier molecular flexibility index (Phi) is 3.01. The first-order valence-electron chi connectivity index (χ1n) is 5.33. The van der Waals surface area contributed by atoms with Gasteiger partial charge < -0.3 is 10.1 Å². The van der Waals surface area contributed by atoms with E-state index in [0.717, 1.165) is 38.1 Å². The SMILES string of the molecule is CC1CC(NCC2=CCCOC2)C1. The van der Waals surface area contributed by atoms with Crippen LogP contribution in [0.2, 0.25) is 0 Å². The van der Waals surface area contributed by atoms with Gasteiger partial charge in [-0.2, -0.15) is 0 Å². The minimum Gasteiger partial charge on any atom is -0.377 e. The molecule has 1 N–H and O–H groups in total. The maximum Gasteiger partial charge on any atom is 0.0689 e. The number of rotatable bonds is 3. The van der Waals surface area contributed by atoms with Crippen LogP contribution in [0.5, 0.6) is 0 Å². The summed E-state index contributed by atoms with van der Waals surface area (Å²) in [5.41, 5.74) is 1.44. The molecule has 0 unspecified atom stereocenters. The van der Waals surface area contributed by atoms with E-state index in [1.54, 1.807) is 0 Å². The van der Waals surface area contributed by atoms with E-state index < -0.39 is 0 Å². The second-order valence-corrected chi connectivity index (χ2v) is 4.36. The zero-order valence-electron chi connectivity index (χ0n) is 8.38.